The van der Waals surface area contributed by atoms with E-state index >= 15 is 0 Å². The van der Waals surface area contributed by atoms with Crippen LogP contribution in [0.25, 0.3) is 11.5 Å². The standard InChI is InChI=1S/C17H22N4O2/c22-15(12-13-6-4-5-7-13)18-10-11-19-17-20-16(23-21-17)14-8-2-1-3-9-14/h1-3,8-9,13H,4-7,10-12H2,(H,18,22)(H,19,21). The number of benzene rings is 1. The third-order valence-corrected chi connectivity index (χ3v) is 4.13. The predicted octanol–water partition coefficient (Wildman–Crippen LogP) is 2.85. The van der Waals surface area contributed by atoms with E-state index in [1.54, 1.807) is 0 Å². The Morgan fingerprint density at radius 2 is 1.96 bits per heavy atom. The lowest BCUT2D eigenvalue weighted by molar-refractivity contribution is -0.121. The number of amides is 1. The highest BCUT2D eigenvalue weighted by molar-refractivity contribution is 5.76. The summed E-state index contributed by atoms with van der Waals surface area (Å²) >= 11 is 0. The smallest absolute Gasteiger partial charge is 0.263 e. The first kappa shape index (κ1) is 15.5. The first-order chi connectivity index (χ1) is 11.3. The minimum Gasteiger partial charge on any atom is -0.354 e. The van der Waals surface area contributed by atoms with E-state index in [4.69, 9.17) is 4.52 Å². The summed E-state index contributed by atoms with van der Waals surface area (Å²) in [6, 6.07) is 9.62. The number of carbonyl (C=O) groups is 1. The van der Waals surface area contributed by atoms with E-state index in [-0.39, 0.29) is 5.91 Å². The first-order valence-electron chi connectivity index (χ1n) is 8.21. The highest BCUT2D eigenvalue weighted by atomic mass is 16.5. The molecule has 0 aliphatic heterocycles. The van der Waals surface area contributed by atoms with Crippen LogP contribution < -0.4 is 10.6 Å². The second-order valence-electron chi connectivity index (χ2n) is 5.92. The van der Waals surface area contributed by atoms with E-state index in [2.05, 4.69) is 20.8 Å². The second-order valence-corrected chi connectivity index (χ2v) is 5.92. The molecule has 6 heteroatoms. The van der Waals surface area contributed by atoms with Gasteiger partial charge in [0.15, 0.2) is 0 Å². The molecule has 1 amide bonds. The van der Waals surface area contributed by atoms with E-state index in [0.717, 1.165) is 5.56 Å². The molecule has 1 heterocycles. The Balaban J connectivity index is 1.37. The van der Waals surface area contributed by atoms with Gasteiger partial charge in [0.1, 0.15) is 0 Å². The summed E-state index contributed by atoms with van der Waals surface area (Å²) in [6.45, 7) is 1.13. The summed E-state index contributed by atoms with van der Waals surface area (Å²) in [5.41, 5.74) is 0.887. The minimum absolute atomic E-state index is 0.136. The maximum absolute atomic E-state index is 11.8. The van der Waals surface area contributed by atoms with Crippen molar-refractivity contribution >= 4 is 11.9 Å². The van der Waals surface area contributed by atoms with Crippen LogP contribution in [0.5, 0.6) is 0 Å². The Labute approximate surface area is 135 Å². The van der Waals surface area contributed by atoms with E-state index in [1.165, 1.54) is 25.7 Å². The van der Waals surface area contributed by atoms with Crippen molar-refractivity contribution in [1.82, 2.24) is 15.5 Å². The number of rotatable bonds is 7. The number of anilines is 1. The molecule has 122 valence electrons. The van der Waals surface area contributed by atoms with Crippen molar-refractivity contribution in [2.75, 3.05) is 18.4 Å². The Kier molecular flexibility index (Phi) is 5.24. The fourth-order valence-electron chi connectivity index (χ4n) is 2.92. The van der Waals surface area contributed by atoms with Gasteiger partial charge in [0.05, 0.1) is 0 Å². The molecule has 0 unspecified atom stereocenters. The van der Waals surface area contributed by atoms with Gasteiger partial charge in [-0.3, -0.25) is 4.79 Å². The number of hydrogen-bond donors (Lipinski definition) is 2. The van der Waals surface area contributed by atoms with E-state index in [1.807, 2.05) is 30.3 Å². The highest BCUT2D eigenvalue weighted by Crippen LogP contribution is 2.27. The zero-order valence-corrected chi connectivity index (χ0v) is 13.1. The van der Waals surface area contributed by atoms with Crippen LogP contribution in [0.15, 0.2) is 34.9 Å². The Morgan fingerprint density at radius 3 is 2.74 bits per heavy atom. The fourth-order valence-corrected chi connectivity index (χ4v) is 2.92. The maximum Gasteiger partial charge on any atom is 0.263 e. The Morgan fingerprint density at radius 1 is 1.17 bits per heavy atom. The summed E-state index contributed by atoms with van der Waals surface area (Å²) in [4.78, 5) is 16.1. The summed E-state index contributed by atoms with van der Waals surface area (Å²) in [7, 11) is 0. The minimum atomic E-state index is 0.136. The SMILES string of the molecule is O=C(CC1CCCC1)NCCNc1noc(-c2ccccc2)n1. The number of carbonyl (C=O) groups excluding carboxylic acids is 1. The monoisotopic (exact) mass is 314 g/mol. The van der Waals surface area contributed by atoms with Gasteiger partial charge in [-0.15, -0.1) is 0 Å². The van der Waals surface area contributed by atoms with Gasteiger partial charge in [-0.1, -0.05) is 31.0 Å². The molecular formula is C17H22N4O2. The number of aromatic nitrogens is 2. The molecule has 0 spiro atoms. The topological polar surface area (TPSA) is 80.0 Å². The molecule has 0 saturated heterocycles. The average molecular weight is 314 g/mol. The molecule has 1 fully saturated rings. The lowest BCUT2D eigenvalue weighted by Crippen LogP contribution is -2.30. The molecule has 0 bridgehead atoms. The quantitative estimate of drug-likeness (QED) is 0.768. The van der Waals surface area contributed by atoms with Crippen molar-refractivity contribution in [3.8, 4) is 11.5 Å². The normalized spacial score (nSPS) is 14.8. The van der Waals surface area contributed by atoms with Gasteiger partial charge in [-0.25, -0.2) is 0 Å². The van der Waals surface area contributed by atoms with Gasteiger partial charge in [-0.2, -0.15) is 4.98 Å². The van der Waals surface area contributed by atoms with E-state index in [0.29, 0.717) is 37.3 Å². The van der Waals surface area contributed by atoms with Crippen molar-refractivity contribution < 1.29 is 9.32 Å². The number of nitrogens with one attached hydrogen (secondary N) is 2. The molecule has 1 aromatic carbocycles. The maximum atomic E-state index is 11.8. The van der Waals surface area contributed by atoms with Crippen LogP contribution in [-0.4, -0.2) is 29.1 Å². The lowest BCUT2D eigenvalue weighted by Gasteiger charge is -2.09. The van der Waals surface area contributed by atoms with Gasteiger partial charge >= 0.3 is 0 Å². The molecule has 2 N–H and O–H groups in total. The molecule has 2 aromatic rings. The Hall–Kier alpha value is -2.37. The van der Waals surface area contributed by atoms with Gasteiger partial charge in [0.25, 0.3) is 11.8 Å². The molecule has 6 nitrogen and oxygen atoms in total. The first-order valence-corrected chi connectivity index (χ1v) is 8.21. The van der Waals surface area contributed by atoms with E-state index < -0.39 is 0 Å². The number of nitrogens with zero attached hydrogens (tertiary/aromatic N) is 2. The summed E-state index contributed by atoms with van der Waals surface area (Å²) in [6.07, 6.45) is 5.57. The zero-order valence-electron chi connectivity index (χ0n) is 13.1. The highest BCUT2D eigenvalue weighted by Gasteiger charge is 2.18. The molecule has 23 heavy (non-hydrogen) atoms. The van der Waals surface area contributed by atoms with Crippen molar-refractivity contribution in [2.45, 2.75) is 32.1 Å². The average Bonchev–Trinajstić information content (AvgIpc) is 3.24. The van der Waals surface area contributed by atoms with Crippen molar-refractivity contribution in [1.29, 1.82) is 0 Å². The summed E-state index contributed by atoms with van der Waals surface area (Å²) < 4.78 is 5.21. The molecule has 1 aliphatic rings. The number of hydrogen-bond acceptors (Lipinski definition) is 5. The molecule has 0 atom stereocenters. The third kappa shape index (κ3) is 4.55. The lowest BCUT2D eigenvalue weighted by atomic mass is 10.0. The fraction of sp³-hybridized carbons (Fsp3) is 0.471. The molecule has 0 radical (unpaired) electrons. The van der Waals surface area contributed by atoms with Crippen LogP contribution in [-0.2, 0) is 4.79 Å². The van der Waals surface area contributed by atoms with E-state index in [9.17, 15) is 4.79 Å². The van der Waals surface area contributed by atoms with Gasteiger partial charge < -0.3 is 15.2 Å². The van der Waals surface area contributed by atoms with Crippen LogP contribution in [0.1, 0.15) is 32.1 Å². The molecular weight excluding hydrogens is 292 g/mol. The van der Waals surface area contributed by atoms with Crippen molar-refractivity contribution in [2.24, 2.45) is 5.92 Å². The van der Waals surface area contributed by atoms with Crippen LogP contribution in [0, 0.1) is 5.92 Å². The van der Waals surface area contributed by atoms with Crippen LogP contribution in [0.2, 0.25) is 0 Å². The molecule has 1 saturated carbocycles. The van der Waals surface area contributed by atoms with Gasteiger partial charge in [-0.05, 0) is 36.0 Å². The van der Waals surface area contributed by atoms with Gasteiger partial charge in [0, 0.05) is 25.1 Å². The molecule has 1 aromatic heterocycles. The zero-order chi connectivity index (χ0) is 15.9. The summed E-state index contributed by atoms with van der Waals surface area (Å²) in [5, 5.41) is 9.87. The molecule has 3 rings (SSSR count). The Bertz CT molecular complexity index is 621. The third-order valence-electron chi connectivity index (χ3n) is 4.13. The summed E-state index contributed by atoms with van der Waals surface area (Å²) in [5.74, 6) is 1.64. The van der Waals surface area contributed by atoms with Crippen LogP contribution >= 0.6 is 0 Å². The van der Waals surface area contributed by atoms with Crippen molar-refractivity contribution in [3.05, 3.63) is 30.3 Å². The molecule has 1 aliphatic carbocycles. The second kappa shape index (κ2) is 7.76. The predicted molar refractivity (Wildman–Crippen MR) is 87.8 cm³/mol. The van der Waals surface area contributed by atoms with Crippen LogP contribution in [0.4, 0.5) is 5.95 Å². The largest absolute Gasteiger partial charge is 0.354 e. The van der Waals surface area contributed by atoms with Crippen molar-refractivity contribution in [3.63, 3.8) is 0 Å². The van der Waals surface area contributed by atoms with Gasteiger partial charge in [0.2, 0.25) is 5.91 Å². The van der Waals surface area contributed by atoms with Crippen LogP contribution in [0.3, 0.4) is 0 Å².